The topological polar surface area (TPSA) is 129 Å². The Hall–Kier alpha value is -3.24. The molecule has 0 radical (unpaired) electrons. The number of nitrogens with zero attached hydrogens (tertiary/aromatic N) is 3. The minimum absolute atomic E-state index is 0.119. The van der Waals surface area contributed by atoms with Gasteiger partial charge in [0, 0.05) is 0 Å². The molecule has 0 aliphatic carbocycles. The van der Waals surface area contributed by atoms with Gasteiger partial charge in [-0.05, 0) is 17.7 Å². The molecule has 3 rings (SSSR count). The van der Waals surface area contributed by atoms with Crippen LogP contribution in [-0.2, 0) is 21.4 Å². The Morgan fingerprint density at radius 2 is 1.92 bits per heavy atom. The molecule has 2 aromatic heterocycles. The fourth-order valence-electron chi connectivity index (χ4n) is 2.05. The summed E-state index contributed by atoms with van der Waals surface area (Å²) >= 11 is 0. The van der Waals surface area contributed by atoms with Crippen LogP contribution in [0, 0.1) is 0 Å². The molecule has 10 heteroatoms. The predicted molar refractivity (Wildman–Crippen MR) is 93.0 cm³/mol. The van der Waals surface area contributed by atoms with Gasteiger partial charge in [-0.1, -0.05) is 30.3 Å². The van der Waals surface area contributed by atoms with Crippen molar-refractivity contribution in [2.75, 3.05) is 5.32 Å². The molecule has 2 heterocycles. The SMILES string of the molecule is NS(=O)(=O)c1cnn(-c2ccc(NC(=O)OCc3ccccc3)cn2)c1. The zero-order valence-corrected chi connectivity index (χ0v) is 14.3. The molecule has 9 nitrogen and oxygen atoms in total. The molecule has 0 saturated carbocycles. The van der Waals surface area contributed by atoms with Gasteiger partial charge in [0.05, 0.1) is 24.3 Å². The number of pyridine rings is 1. The first-order chi connectivity index (χ1) is 12.4. The first-order valence-corrected chi connectivity index (χ1v) is 8.98. The van der Waals surface area contributed by atoms with Gasteiger partial charge < -0.3 is 4.74 Å². The molecule has 0 atom stereocenters. The molecular formula is C16H15N5O4S. The number of benzene rings is 1. The number of ether oxygens (including phenoxy) is 1. The van der Waals surface area contributed by atoms with E-state index >= 15 is 0 Å². The van der Waals surface area contributed by atoms with E-state index in [1.165, 1.54) is 17.1 Å². The fraction of sp³-hybridized carbons (Fsp3) is 0.0625. The number of rotatable bonds is 5. The van der Waals surface area contributed by atoms with E-state index in [0.717, 1.165) is 11.8 Å². The van der Waals surface area contributed by atoms with Crippen LogP contribution < -0.4 is 10.5 Å². The van der Waals surface area contributed by atoms with Gasteiger partial charge in [0.25, 0.3) is 0 Å². The second kappa shape index (κ2) is 7.33. The summed E-state index contributed by atoms with van der Waals surface area (Å²) in [5.41, 5.74) is 1.30. The maximum Gasteiger partial charge on any atom is 0.412 e. The number of nitrogens with two attached hydrogens (primary N) is 1. The third kappa shape index (κ3) is 4.43. The third-order valence-electron chi connectivity index (χ3n) is 3.33. The van der Waals surface area contributed by atoms with E-state index in [1.54, 1.807) is 12.1 Å². The number of carbonyl (C=O) groups excluding carboxylic acids is 1. The van der Waals surface area contributed by atoms with Crippen molar-refractivity contribution >= 4 is 21.8 Å². The minimum Gasteiger partial charge on any atom is -0.444 e. The number of carbonyl (C=O) groups is 1. The molecule has 1 amide bonds. The van der Waals surface area contributed by atoms with E-state index in [1.807, 2.05) is 30.3 Å². The van der Waals surface area contributed by atoms with Gasteiger partial charge in [0.2, 0.25) is 10.0 Å². The van der Waals surface area contributed by atoms with E-state index in [4.69, 9.17) is 9.88 Å². The molecule has 0 aliphatic heterocycles. The van der Waals surface area contributed by atoms with Gasteiger partial charge in [0.15, 0.2) is 5.82 Å². The van der Waals surface area contributed by atoms with Crippen LogP contribution in [0.2, 0.25) is 0 Å². The Labute approximate surface area is 149 Å². The molecule has 0 unspecified atom stereocenters. The van der Waals surface area contributed by atoms with E-state index in [9.17, 15) is 13.2 Å². The van der Waals surface area contributed by atoms with Crippen molar-refractivity contribution in [2.45, 2.75) is 11.5 Å². The average molecular weight is 373 g/mol. The molecule has 0 spiro atoms. The van der Waals surface area contributed by atoms with Gasteiger partial charge in [-0.15, -0.1) is 0 Å². The number of amides is 1. The summed E-state index contributed by atoms with van der Waals surface area (Å²) in [5, 5.41) is 11.5. The maximum absolute atomic E-state index is 11.8. The normalized spacial score (nSPS) is 11.1. The lowest BCUT2D eigenvalue weighted by Gasteiger charge is -2.07. The van der Waals surface area contributed by atoms with Gasteiger partial charge in [-0.2, -0.15) is 5.10 Å². The Kier molecular flexibility index (Phi) is 4.96. The van der Waals surface area contributed by atoms with Gasteiger partial charge in [-0.25, -0.2) is 28.0 Å². The second-order valence-corrected chi connectivity index (χ2v) is 6.82. The smallest absolute Gasteiger partial charge is 0.412 e. The summed E-state index contributed by atoms with van der Waals surface area (Å²) in [6, 6.07) is 12.4. The first kappa shape index (κ1) is 17.6. The number of hydrogen-bond donors (Lipinski definition) is 2. The highest BCUT2D eigenvalue weighted by Gasteiger charge is 2.12. The van der Waals surface area contributed by atoms with Gasteiger partial charge in [-0.3, -0.25) is 5.32 Å². The lowest BCUT2D eigenvalue weighted by Crippen LogP contribution is -2.14. The second-order valence-electron chi connectivity index (χ2n) is 5.26. The molecule has 0 saturated heterocycles. The molecule has 3 aromatic rings. The summed E-state index contributed by atoms with van der Waals surface area (Å²) < 4.78 is 28.9. The van der Waals surface area contributed by atoms with Crippen molar-refractivity contribution in [3.63, 3.8) is 0 Å². The number of anilines is 1. The summed E-state index contributed by atoms with van der Waals surface area (Å²) in [5.74, 6) is 0.364. The minimum atomic E-state index is -3.83. The van der Waals surface area contributed by atoms with Gasteiger partial charge >= 0.3 is 6.09 Å². The molecule has 26 heavy (non-hydrogen) atoms. The molecule has 134 valence electrons. The van der Waals surface area contributed by atoms with Crippen molar-refractivity contribution in [1.29, 1.82) is 0 Å². The molecule has 0 aliphatic rings. The zero-order valence-electron chi connectivity index (χ0n) is 13.4. The van der Waals surface area contributed by atoms with Crippen LogP contribution in [0.25, 0.3) is 5.82 Å². The Bertz CT molecular complexity index is 1000. The monoisotopic (exact) mass is 373 g/mol. The highest BCUT2D eigenvalue weighted by molar-refractivity contribution is 7.89. The van der Waals surface area contributed by atoms with Crippen LogP contribution in [0.3, 0.4) is 0 Å². The van der Waals surface area contributed by atoms with Crippen LogP contribution >= 0.6 is 0 Å². The van der Waals surface area contributed by atoms with Crippen molar-refractivity contribution in [1.82, 2.24) is 14.8 Å². The molecule has 0 fully saturated rings. The number of sulfonamides is 1. The Balaban J connectivity index is 1.60. The molecule has 1 aromatic carbocycles. The Morgan fingerprint density at radius 1 is 1.15 bits per heavy atom. The number of hydrogen-bond acceptors (Lipinski definition) is 6. The quantitative estimate of drug-likeness (QED) is 0.700. The summed E-state index contributed by atoms with van der Waals surface area (Å²) in [6.45, 7) is 0.155. The van der Waals surface area contributed by atoms with Gasteiger partial charge in [0.1, 0.15) is 11.5 Å². The maximum atomic E-state index is 11.8. The van der Waals surface area contributed by atoms with E-state index in [-0.39, 0.29) is 11.5 Å². The van der Waals surface area contributed by atoms with Crippen LogP contribution in [0.1, 0.15) is 5.56 Å². The highest BCUT2D eigenvalue weighted by atomic mass is 32.2. The number of primary sulfonamides is 1. The van der Waals surface area contributed by atoms with Crippen LogP contribution in [-0.4, -0.2) is 29.3 Å². The summed E-state index contributed by atoms with van der Waals surface area (Å²) in [7, 11) is -3.83. The molecule has 0 bridgehead atoms. The van der Waals surface area contributed by atoms with E-state index in [2.05, 4.69) is 15.4 Å². The predicted octanol–water partition coefficient (Wildman–Crippen LogP) is 1.66. The summed E-state index contributed by atoms with van der Waals surface area (Å²) in [4.78, 5) is 15.8. The molecular weight excluding hydrogens is 358 g/mol. The van der Waals surface area contributed by atoms with E-state index < -0.39 is 16.1 Å². The Morgan fingerprint density at radius 3 is 2.54 bits per heavy atom. The van der Waals surface area contributed by atoms with Crippen molar-refractivity contribution in [3.8, 4) is 5.82 Å². The lowest BCUT2D eigenvalue weighted by molar-refractivity contribution is 0.155. The molecule has 3 N–H and O–H groups in total. The van der Waals surface area contributed by atoms with Crippen LogP contribution in [0.15, 0.2) is 66.0 Å². The van der Waals surface area contributed by atoms with Crippen molar-refractivity contribution < 1.29 is 17.9 Å². The van der Waals surface area contributed by atoms with Crippen LogP contribution in [0.4, 0.5) is 10.5 Å². The zero-order chi connectivity index (χ0) is 18.6. The van der Waals surface area contributed by atoms with Crippen LogP contribution in [0.5, 0.6) is 0 Å². The third-order valence-corrected chi connectivity index (χ3v) is 4.20. The fourth-order valence-corrected chi connectivity index (χ4v) is 2.49. The highest BCUT2D eigenvalue weighted by Crippen LogP contribution is 2.12. The van der Waals surface area contributed by atoms with Crippen molar-refractivity contribution in [3.05, 3.63) is 66.6 Å². The van der Waals surface area contributed by atoms with E-state index in [0.29, 0.717) is 11.5 Å². The number of nitrogens with one attached hydrogen (secondary N) is 1. The first-order valence-electron chi connectivity index (χ1n) is 7.43. The summed E-state index contributed by atoms with van der Waals surface area (Å²) in [6.07, 6.45) is 3.17. The lowest BCUT2D eigenvalue weighted by atomic mass is 10.2. The largest absolute Gasteiger partial charge is 0.444 e. The standard InChI is InChI=1S/C16H15N5O4S/c17-26(23,24)14-9-19-21(10-14)15-7-6-13(8-18-15)20-16(22)25-11-12-4-2-1-3-5-12/h1-10H,11H2,(H,20,22)(H2,17,23,24). The number of aromatic nitrogens is 3. The average Bonchev–Trinajstić information content (AvgIpc) is 3.12. The van der Waals surface area contributed by atoms with Crippen molar-refractivity contribution in [2.24, 2.45) is 5.14 Å².